The van der Waals surface area contributed by atoms with Crippen LogP contribution in [0.4, 0.5) is 4.79 Å². The second-order valence-electron chi connectivity index (χ2n) is 8.98. The van der Waals surface area contributed by atoms with Crippen molar-refractivity contribution >= 4 is 14.4 Å². The summed E-state index contributed by atoms with van der Waals surface area (Å²) >= 11 is 0. The predicted molar refractivity (Wildman–Crippen MR) is 99.6 cm³/mol. The normalized spacial score (nSPS) is 23.1. The van der Waals surface area contributed by atoms with Crippen molar-refractivity contribution in [2.24, 2.45) is 0 Å². The molecule has 5 nitrogen and oxygen atoms in total. The number of hydrogen-bond donors (Lipinski definition) is 1. The topological polar surface area (TPSA) is 59.0 Å². The Hall–Kier alpha value is -0.853. The van der Waals surface area contributed by atoms with Gasteiger partial charge in [0.15, 0.2) is 8.32 Å². The number of aliphatic hydroxyl groups is 1. The number of carbonyl (C=O) groups is 1. The van der Waals surface area contributed by atoms with Gasteiger partial charge < -0.3 is 14.3 Å². The molecule has 1 rings (SSSR count). The minimum atomic E-state index is -1.94. The fraction of sp³-hybridized carbons (Fsp3) is 0.833. The molecule has 140 valence electrons. The summed E-state index contributed by atoms with van der Waals surface area (Å²) in [5.41, 5.74) is -0.527. The molecule has 1 N–H and O–H groups in total. The largest absolute Gasteiger partial charge is 0.444 e. The lowest BCUT2D eigenvalue weighted by atomic mass is 10.1. The smallest absolute Gasteiger partial charge is 0.410 e. The van der Waals surface area contributed by atoms with Crippen LogP contribution >= 0.6 is 0 Å². The second-order valence-corrected chi connectivity index (χ2v) is 13.7. The van der Waals surface area contributed by atoms with Gasteiger partial charge in [0.05, 0.1) is 18.8 Å². The van der Waals surface area contributed by atoms with Crippen molar-refractivity contribution in [1.29, 1.82) is 0 Å². The molecule has 1 saturated heterocycles. The van der Waals surface area contributed by atoms with Gasteiger partial charge in [0.1, 0.15) is 5.60 Å². The Labute approximate surface area is 148 Å². The molecule has 24 heavy (non-hydrogen) atoms. The minimum Gasteiger partial charge on any atom is -0.444 e. The van der Waals surface area contributed by atoms with Crippen LogP contribution < -0.4 is 0 Å². The molecule has 0 saturated carbocycles. The van der Waals surface area contributed by atoms with E-state index in [1.807, 2.05) is 26.8 Å². The molecule has 0 aromatic rings. The maximum absolute atomic E-state index is 12.5. The standard InChI is InChI=1S/C18H35NO4Si/c1-17(2,3)22-16(21)19-12-11-15(14(19)10-9-13-20)23-24(7,8)18(4,5)6/h9-10,14-15,20H,11-13H2,1-8H3/b10-9+. The fourth-order valence-electron chi connectivity index (χ4n) is 2.43. The van der Waals surface area contributed by atoms with Crippen LogP contribution in [0.5, 0.6) is 0 Å². The van der Waals surface area contributed by atoms with Gasteiger partial charge in [0.25, 0.3) is 0 Å². The fourth-order valence-corrected chi connectivity index (χ4v) is 3.80. The molecule has 1 heterocycles. The zero-order valence-corrected chi connectivity index (χ0v) is 17.5. The number of carbonyl (C=O) groups excluding carboxylic acids is 1. The molecule has 2 atom stereocenters. The van der Waals surface area contributed by atoms with Crippen LogP contribution in [0.3, 0.4) is 0 Å². The lowest BCUT2D eigenvalue weighted by molar-refractivity contribution is 0.0212. The molecule has 1 aliphatic rings. The highest BCUT2D eigenvalue weighted by molar-refractivity contribution is 6.74. The summed E-state index contributed by atoms with van der Waals surface area (Å²) in [6.45, 7) is 17.2. The van der Waals surface area contributed by atoms with Crippen LogP contribution in [0.1, 0.15) is 48.0 Å². The van der Waals surface area contributed by atoms with E-state index in [4.69, 9.17) is 14.3 Å². The predicted octanol–water partition coefficient (Wildman–Crippen LogP) is 3.93. The number of rotatable bonds is 4. The van der Waals surface area contributed by atoms with Gasteiger partial charge in [0.2, 0.25) is 0 Å². The first-order chi connectivity index (χ1) is 10.8. The number of aliphatic hydroxyl groups excluding tert-OH is 1. The highest BCUT2D eigenvalue weighted by Gasteiger charge is 2.45. The van der Waals surface area contributed by atoms with Gasteiger partial charge in [-0.15, -0.1) is 0 Å². The lowest BCUT2D eigenvalue weighted by Crippen LogP contribution is -2.48. The first kappa shape index (κ1) is 21.2. The summed E-state index contributed by atoms with van der Waals surface area (Å²) in [6.07, 6.45) is 3.95. The Morgan fingerprint density at radius 1 is 1.25 bits per heavy atom. The third-order valence-electron chi connectivity index (χ3n) is 4.71. The van der Waals surface area contributed by atoms with Gasteiger partial charge in [-0.1, -0.05) is 32.9 Å². The average molecular weight is 358 g/mol. The third-order valence-corrected chi connectivity index (χ3v) is 9.22. The van der Waals surface area contributed by atoms with Crippen molar-refractivity contribution in [3.05, 3.63) is 12.2 Å². The highest BCUT2D eigenvalue weighted by Crippen LogP contribution is 2.39. The minimum absolute atomic E-state index is 0.0501. The Kier molecular flexibility index (Phi) is 6.69. The van der Waals surface area contributed by atoms with Gasteiger partial charge in [-0.25, -0.2) is 4.79 Å². The van der Waals surface area contributed by atoms with Crippen LogP contribution in [0, 0.1) is 0 Å². The SMILES string of the molecule is CC(C)(C)OC(=O)N1CCC(O[Si](C)(C)C(C)(C)C)C1/C=C/CO. The van der Waals surface area contributed by atoms with Gasteiger partial charge in [0, 0.05) is 6.54 Å². The molecule has 0 aromatic carbocycles. The average Bonchev–Trinajstić information content (AvgIpc) is 2.75. The Morgan fingerprint density at radius 2 is 1.83 bits per heavy atom. The Bertz CT molecular complexity index is 463. The molecular formula is C18H35NO4Si. The molecule has 1 amide bonds. The molecule has 6 heteroatoms. The van der Waals surface area contributed by atoms with Crippen molar-refractivity contribution in [1.82, 2.24) is 4.90 Å². The Morgan fingerprint density at radius 3 is 2.29 bits per heavy atom. The van der Waals surface area contributed by atoms with E-state index in [0.717, 1.165) is 6.42 Å². The van der Waals surface area contributed by atoms with E-state index in [2.05, 4.69) is 33.9 Å². The lowest BCUT2D eigenvalue weighted by Gasteiger charge is -2.40. The van der Waals surface area contributed by atoms with E-state index >= 15 is 0 Å². The summed E-state index contributed by atoms with van der Waals surface area (Å²) in [6, 6.07) is -0.193. The van der Waals surface area contributed by atoms with Crippen LogP contribution in [-0.4, -0.2) is 55.3 Å². The van der Waals surface area contributed by atoms with Crippen molar-refractivity contribution in [3.63, 3.8) is 0 Å². The maximum Gasteiger partial charge on any atom is 0.410 e. The van der Waals surface area contributed by atoms with Gasteiger partial charge in [-0.2, -0.15) is 0 Å². The third kappa shape index (κ3) is 5.60. The zero-order valence-electron chi connectivity index (χ0n) is 16.5. The van der Waals surface area contributed by atoms with Gasteiger partial charge >= 0.3 is 6.09 Å². The second kappa shape index (κ2) is 7.58. The van der Waals surface area contributed by atoms with Crippen LogP contribution in [-0.2, 0) is 9.16 Å². The van der Waals surface area contributed by atoms with Crippen molar-refractivity contribution in [2.75, 3.05) is 13.2 Å². The van der Waals surface area contributed by atoms with E-state index in [-0.39, 0.29) is 29.9 Å². The molecule has 0 spiro atoms. The zero-order chi connectivity index (χ0) is 18.8. The van der Waals surface area contributed by atoms with E-state index in [1.165, 1.54) is 0 Å². The molecule has 1 aliphatic heterocycles. The van der Waals surface area contributed by atoms with E-state index < -0.39 is 13.9 Å². The van der Waals surface area contributed by atoms with Crippen LogP contribution in [0.15, 0.2) is 12.2 Å². The number of nitrogens with zero attached hydrogens (tertiary/aromatic N) is 1. The molecule has 2 unspecified atom stereocenters. The quantitative estimate of drug-likeness (QED) is 0.612. The Balaban J connectivity index is 2.95. The van der Waals surface area contributed by atoms with Crippen molar-refractivity contribution in [3.8, 4) is 0 Å². The number of hydrogen-bond acceptors (Lipinski definition) is 4. The molecule has 0 aliphatic carbocycles. The molecule has 0 bridgehead atoms. The van der Waals surface area contributed by atoms with Gasteiger partial charge in [-0.05, 0) is 45.3 Å². The summed E-state index contributed by atoms with van der Waals surface area (Å²) in [5, 5.41) is 9.24. The molecular weight excluding hydrogens is 322 g/mol. The summed E-state index contributed by atoms with van der Waals surface area (Å²) < 4.78 is 12.1. The number of amides is 1. The van der Waals surface area contributed by atoms with E-state index in [9.17, 15) is 4.79 Å². The first-order valence-corrected chi connectivity index (χ1v) is 11.6. The number of likely N-dealkylation sites (tertiary alicyclic amines) is 1. The van der Waals surface area contributed by atoms with E-state index in [1.54, 1.807) is 11.0 Å². The van der Waals surface area contributed by atoms with E-state index in [0.29, 0.717) is 6.54 Å². The molecule has 0 aromatic heterocycles. The molecule has 0 radical (unpaired) electrons. The monoisotopic (exact) mass is 357 g/mol. The van der Waals surface area contributed by atoms with Crippen molar-refractivity contribution < 1.29 is 19.1 Å². The van der Waals surface area contributed by atoms with Crippen LogP contribution in [0.25, 0.3) is 0 Å². The van der Waals surface area contributed by atoms with Gasteiger partial charge in [-0.3, -0.25) is 4.90 Å². The summed E-state index contributed by atoms with van der Waals surface area (Å²) in [7, 11) is -1.94. The maximum atomic E-state index is 12.5. The first-order valence-electron chi connectivity index (χ1n) is 8.73. The van der Waals surface area contributed by atoms with Crippen LogP contribution in [0.2, 0.25) is 18.1 Å². The summed E-state index contributed by atoms with van der Waals surface area (Å²) in [5.74, 6) is 0. The number of ether oxygens (including phenoxy) is 1. The summed E-state index contributed by atoms with van der Waals surface area (Å²) in [4.78, 5) is 14.2. The highest BCUT2D eigenvalue weighted by atomic mass is 28.4. The van der Waals surface area contributed by atoms with Crippen molar-refractivity contribution in [2.45, 2.75) is 83.8 Å². The molecule has 1 fully saturated rings.